The third-order valence-corrected chi connectivity index (χ3v) is 4.76. The molecule has 0 aliphatic carbocycles. The second-order valence-electron chi connectivity index (χ2n) is 7.11. The second kappa shape index (κ2) is 9.23. The lowest BCUT2D eigenvalue weighted by molar-refractivity contribution is -0.124. The van der Waals surface area contributed by atoms with E-state index in [1.807, 2.05) is 43.3 Å². The highest BCUT2D eigenvalue weighted by molar-refractivity contribution is 5.96. The van der Waals surface area contributed by atoms with Gasteiger partial charge in [-0.2, -0.15) is 0 Å². The van der Waals surface area contributed by atoms with Gasteiger partial charge >= 0.3 is 5.97 Å². The number of rotatable bonds is 7. The molecule has 1 aliphatic heterocycles. The molecule has 0 atom stereocenters. The van der Waals surface area contributed by atoms with E-state index in [4.69, 9.17) is 4.74 Å². The second-order valence-corrected chi connectivity index (χ2v) is 7.11. The molecule has 0 aromatic heterocycles. The minimum Gasteiger partial charge on any atom is -0.452 e. The molecule has 3 rings (SSSR count). The number of esters is 1. The molecule has 0 radical (unpaired) electrons. The first kappa shape index (κ1) is 20.4. The standard InChI is InChI=1S/C22H25N3O4/c1-24(2)18-9-5-16(6-10-18)14-23-20(26)15-29-22(28)17-7-11-19(12-8-17)25-13-3-4-21(25)27/h5-12H,3-4,13-15H2,1-2H3,(H,23,26). The van der Waals surface area contributed by atoms with Crippen LogP contribution in [0.2, 0.25) is 0 Å². The first-order valence-electron chi connectivity index (χ1n) is 9.54. The molecule has 0 bridgehead atoms. The molecule has 7 nitrogen and oxygen atoms in total. The molecule has 152 valence electrons. The van der Waals surface area contributed by atoms with E-state index in [2.05, 4.69) is 5.32 Å². The zero-order chi connectivity index (χ0) is 20.8. The molecule has 7 heteroatoms. The van der Waals surface area contributed by atoms with Crippen molar-refractivity contribution < 1.29 is 19.1 Å². The van der Waals surface area contributed by atoms with Crippen molar-refractivity contribution in [3.05, 3.63) is 59.7 Å². The molecule has 29 heavy (non-hydrogen) atoms. The van der Waals surface area contributed by atoms with Gasteiger partial charge in [-0.3, -0.25) is 9.59 Å². The molecule has 0 spiro atoms. The zero-order valence-corrected chi connectivity index (χ0v) is 16.7. The Morgan fingerprint density at radius 1 is 1.07 bits per heavy atom. The van der Waals surface area contributed by atoms with E-state index < -0.39 is 5.97 Å². The van der Waals surface area contributed by atoms with Crippen LogP contribution < -0.4 is 15.1 Å². The normalized spacial score (nSPS) is 13.3. The summed E-state index contributed by atoms with van der Waals surface area (Å²) in [6.45, 7) is 0.713. The molecule has 1 saturated heterocycles. The largest absolute Gasteiger partial charge is 0.452 e. The van der Waals surface area contributed by atoms with Crippen LogP contribution in [0.3, 0.4) is 0 Å². The van der Waals surface area contributed by atoms with E-state index in [0.717, 1.165) is 23.4 Å². The van der Waals surface area contributed by atoms with Gasteiger partial charge in [-0.15, -0.1) is 0 Å². The molecular weight excluding hydrogens is 370 g/mol. The predicted molar refractivity (Wildman–Crippen MR) is 111 cm³/mol. The van der Waals surface area contributed by atoms with Crippen LogP contribution in [0.5, 0.6) is 0 Å². The number of nitrogens with zero attached hydrogens (tertiary/aromatic N) is 2. The number of anilines is 2. The fraction of sp³-hybridized carbons (Fsp3) is 0.318. The molecule has 0 saturated carbocycles. The van der Waals surface area contributed by atoms with Crippen molar-refractivity contribution in [2.75, 3.05) is 37.0 Å². The Kier molecular flexibility index (Phi) is 6.49. The lowest BCUT2D eigenvalue weighted by Gasteiger charge is -2.15. The first-order valence-corrected chi connectivity index (χ1v) is 9.54. The molecule has 1 fully saturated rings. The predicted octanol–water partition coefficient (Wildman–Crippen LogP) is 2.35. The lowest BCUT2D eigenvalue weighted by Crippen LogP contribution is -2.28. The Bertz CT molecular complexity index is 876. The molecule has 1 aliphatic rings. The smallest absolute Gasteiger partial charge is 0.338 e. The summed E-state index contributed by atoms with van der Waals surface area (Å²) in [6, 6.07) is 14.5. The van der Waals surface area contributed by atoms with Gasteiger partial charge in [0.15, 0.2) is 6.61 Å². The summed E-state index contributed by atoms with van der Waals surface area (Å²) in [6.07, 6.45) is 1.40. The van der Waals surface area contributed by atoms with Gasteiger partial charge in [0.25, 0.3) is 5.91 Å². The van der Waals surface area contributed by atoms with Gasteiger partial charge in [0.05, 0.1) is 5.56 Å². The Balaban J connectivity index is 1.44. The topological polar surface area (TPSA) is 79.0 Å². The van der Waals surface area contributed by atoms with Crippen LogP contribution >= 0.6 is 0 Å². The van der Waals surface area contributed by atoms with Gasteiger partial charge in [-0.05, 0) is 48.4 Å². The van der Waals surface area contributed by atoms with Crippen LogP contribution in [0.25, 0.3) is 0 Å². The van der Waals surface area contributed by atoms with Crippen LogP contribution in [0.1, 0.15) is 28.8 Å². The summed E-state index contributed by atoms with van der Waals surface area (Å²) in [5.74, 6) is -0.850. The fourth-order valence-corrected chi connectivity index (χ4v) is 3.08. The third kappa shape index (κ3) is 5.34. The van der Waals surface area contributed by atoms with Crippen LogP contribution in [-0.4, -0.2) is 45.0 Å². The van der Waals surface area contributed by atoms with Crippen LogP contribution in [0.4, 0.5) is 11.4 Å². The van der Waals surface area contributed by atoms with Crippen molar-refractivity contribution in [2.24, 2.45) is 0 Å². The summed E-state index contributed by atoms with van der Waals surface area (Å²) in [5.41, 5.74) is 3.14. The van der Waals surface area contributed by atoms with Crippen molar-refractivity contribution in [3.8, 4) is 0 Å². The first-order chi connectivity index (χ1) is 13.9. The highest BCUT2D eigenvalue weighted by Gasteiger charge is 2.21. The van der Waals surface area contributed by atoms with E-state index in [9.17, 15) is 14.4 Å². The molecule has 2 aromatic carbocycles. The molecule has 1 heterocycles. The Labute approximate surface area is 170 Å². The fourth-order valence-electron chi connectivity index (χ4n) is 3.08. The van der Waals surface area contributed by atoms with Gasteiger partial charge in [-0.25, -0.2) is 4.79 Å². The minimum atomic E-state index is -0.574. The number of hydrogen-bond donors (Lipinski definition) is 1. The van der Waals surface area contributed by atoms with E-state index in [1.165, 1.54) is 0 Å². The van der Waals surface area contributed by atoms with Gasteiger partial charge in [0, 0.05) is 45.0 Å². The summed E-state index contributed by atoms with van der Waals surface area (Å²) in [5, 5.41) is 2.73. The maximum absolute atomic E-state index is 12.1. The van der Waals surface area contributed by atoms with Gasteiger partial charge in [0.1, 0.15) is 0 Å². The average Bonchev–Trinajstić information content (AvgIpc) is 3.16. The molecular formula is C22H25N3O4. The summed E-state index contributed by atoms with van der Waals surface area (Å²) in [4.78, 5) is 39.6. The van der Waals surface area contributed by atoms with Crippen LogP contribution in [0.15, 0.2) is 48.5 Å². The van der Waals surface area contributed by atoms with Crippen molar-refractivity contribution in [1.82, 2.24) is 5.32 Å². The number of amides is 2. The number of nitrogens with one attached hydrogen (secondary N) is 1. The Morgan fingerprint density at radius 3 is 2.34 bits per heavy atom. The monoisotopic (exact) mass is 395 g/mol. The quantitative estimate of drug-likeness (QED) is 0.728. The van der Waals surface area contributed by atoms with Crippen molar-refractivity contribution in [3.63, 3.8) is 0 Å². The third-order valence-electron chi connectivity index (χ3n) is 4.76. The average molecular weight is 395 g/mol. The summed E-state index contributed by atoms with van der Waals surface area (Å²) < 4.78 is 5.08. The van der Waals surface area contributed by atoms with Gasteiger partial charge < -0.3 is 19.9 Å². The molecule has 2 aromatic rings. The highest BCUT2D eigenvalue weighted by atomic mass is 16.5. The van der Waals surface area contributed by atoms with E-state index in [0.29, 0.717) is 25.1 Å². The minimum absolute atomic E-state index is 0.0911. The summed E-state index contributed by atoms with van der Waals surface area (Å²) >= 11 is 0. The van der Waals surface area contributed by atoms with Crippen molar-refractivity contribution >= 4 is 29.2 Å². The highest BCUT2D eigenvalue weighted by Crippen LogP contribution is 2.21. The maximum Gasteiger partial charge on any atom is 0.338 e. The van der Waals surface area contributed by atoms with Crippen molar-refractivity contribution in [2.45, 2.75) is 19.4 Å². The Hall–Kier alpha value is -3.35. The van der Waals surface area contributed by atoms with Crippen molar-refractivity contribution in [1.29, 1.82) is 0 Å². The van der Waals surface area contributed by atoms with E-state index in [1.54, 1.807) is 29.2 Å². The van der Waals surface area contributed by atoms with Crippen LogP contribution in [0, 0.1) is 0 Å². The maximum atomic E-state index is 12.1. The van der Waals surface area contributed by atoms with Gasteiger partial charge in [0.2, 0.25) is 5.91 Å². The number of hydrogen-bond acceptors (Lipinski definition) is 5. The molecule has 0 unspecified atom stereocenters. The van der Waals surface area contributed by atoms with E-state index >= 15 is 0 Å². The van der Waals surface area contributed by atoms with Gasteiger partial charge in [-0.1, -0.05) is 12.1 Å². The molecule has 1 N–H and O–H groups in total. The number of carbonyl (C=O) groups excluding carboxylic acids is 3. The number of ether oxygens (including phenoxy) is 1. The number of carbonyl (C=O) groups is 3. The molecule has 2 amide bonds. The Morgan fingerprint density at radius 2 is 1.76 bits per heavy atom. The summed E-state index contributed by atoms with van der Waals surface area (Å²) in [7, 11) is 3.93. The van der Waals surface area contributed by atoms with E-state index in [-0.39, 0.29) is 18.4 Å². The van der Waals surface area contributed by atoms with Crippen LogP contribution in [-0.2, 0) is 20.9 Å². The SMILES string of the molecule is CN(C)c1ccc(CNC(=O)COC(=O)c2ccc(N3CCCC3=O)cc2)cc1. The lowest BCUT2D eigenvalue weighted by atomic mass is 10.2. The zero-order valence-electron chi connectivity index (χ0n) is 16.7. The number of benzene rings is 2.